The van der Waals surface area contributed by atoms with Gasteiger partial charge >= 0.3 is 0 Å². The number of rotatable bonds is 1. The van der Waals surface area contributed by atoms with Gasteiger partial charge in [0.15, 0.2) is 5.65 Å². The topological polar surface area (TPSA) is 63.8 Å². The normalized spacial score (nSPS) is 16.4. The SMILES string of the molecule is Cn1ncc2c(O)nc(C3CC3)nc21. The molecular weight excluding hydrogens is 180 g/mol. The first-order chi connectivity index (χ1) is 6.75. The van der Waals surface area contributed by atoms with Gasteiger partial charge in [0.1, 0.15) is 11.2 Å². The smallest absolute Gasteiger partial charge is 0.225 e. The van der Waals surface area contributed by atoms with Crippen molar-refractivity contribution < 1.29 is 5.11 Å². The first-order valence-corrected chi connectivity index (χ1v) is 4.64. The van der Waals surface area contributed by atoms with E-state index in [9.17, 15) is 5.11 Å². The molecule has 0 aliphatic heterocycles. The second kappa shape index (κ2) is 2.43. The number of aromatic nitrogens is 4. The van der Waals surface area contributed by atoms with Gasteiger partial charge in [0.05, 0.1) is 6.20 Å². The molecule has 1 fully saturated rings. The Morgan fingerprint density at radius 1 is 1.43 bits per heavy atom. The van der Waals surface area contributed by atoms with Crippen LogP contribution in [-0.2, 0) is 7.05 Å². The van der Waals surface area contributed by atoms with Crippen LogP contribution < -0.4 is 0 Å². The van der Waals surface area contributed by atoms with Crippen molar-refractivity contribution in [2.24, 2.45) is 7.05 Å². The molecule has 0 atom stereocenters. The molecule has 0 amide bonds. The average Bonchev–Trinajstić information content (AvgIpc) is 2.93. The van der Waals surface area contributed by atoms with Crippen LogP contribution in [-0.4, -0.2) is 24.9 Å². The molecule has 1 aliphatic carbocycles. The van der Waals surface area contributed by atoms with Gasteiger partial charge in [-0.15, -0.1) is 0 Å². The molecule has 0 spiro atoms. The summed E-state index contributed by atoms with van der Waals surface area (Å²) in [5.41, 5.74) is 0.708. The largest absolute Gasteiger partial charge is 0.493 e. The summed E-state index contributed by atoms with van der Waals surface area (Å²) >= 11 is 0. The van der Waals surface area contributed by atoms with Crippen molar-refractivity contribution in [2.75, 3.05) is 0 Å². The van der Waals surface area contributed by atoms with Crippen LogP contribution in [0.15, 0.2) is 6.20 Å². The van der Waals surface area contributed by atoms with E-state index in [2.05, 4.69) is 15.1 Å². The van der Waals surface area contributed by atoms with Crippen molar-refractivity contribution in [3.63, 3.8) is 0 Å². The predicted octanol–water partition coefficient (Wildman–Crippen LogP) is 0.946. The Hall–Kier alpha value is -1.65. The van der Waals surface area contributed by atoms with Gasteiger partial charge in [0, 0.05) is 13.0 Å². The maximum absolute atomic E-state index is 9.64. The van der Waals surface area contributed by atoms with E-state index in [1.807, 2.05) is 7.05 Å². The van der Waals surface area contributed by atoms with Crippen molar-refractivity contribution in [2.45, 2.75) is 18.8 Å². The van der Waals surface area contributed by atoms with Crippen LogP contribution in [0.1, 0.15) is 24.6 Å². The summed E-state index contributed by atoms with van der Waals surface area (Å²) in [5, 5.41) is 14.3. The Labute approximate surface area is 80.4 Å². The van der Waals surface area contributed by atoms with Gasteiger partial charge in [0.25, 0.3) is 0 Å². The fourth-order valence-corrected chi connectivity index (χ4v) is 1.55. The van der Waals surface area contributed by atoms with Crippen LogP contribution in [0.25, 0.3) is 11.0 Å². The number of hydrogen-bond donors (Lipinski definition) is 1. The molecule has 72 valence electrons. The highest BCUT2D eigenvalue weighted by Crippen LogP contribution is 2.39. The van der Waals surface area contributed by atoms with E-state index in [1.165, 1.54) is 0 Å². The minimum atomic E-state index is 0.0463. The predicted molar refractivity (Wildman–Crippen MR) is 49.9 cm³/mol. The Balaban J connectivity index is 2.30. The molecule has 0 saturated heterocycles. The number of aryl methyl sites for hydroxylation is 1. The van der Waals surface area contributed by atoms with Crippen LogP contribution in [0.2, 0.25) is 0 Å². The third-order valence-electron chi connectivity index (χ3n) is 2.53. The molecule has 2 heterocycles. The summed E-state index contributed by atoms with van der Waals surface area (Å²) in [7, 11) is 1.81. The van der Waals surface area contributed by atoms with E-state index in [0.717, 1.165) is 18.7 Å². The third kappa shape index (κ3) is 0.982. The molecule has 1 N–H and O–H groups in total. The summed E-state index contributed by atoms with van der Waals surface area (Å²) in [4.78, 5) is 8.45. The lowest BCUT2D eigenvalue weighted by Crippen LogP contribution is -1.97. The fraction of sp³-hybridized carbons (Fsp3) is 0.444. The monoisotopic (exact) mass is 190 g/mol. The number of aromatic hydroxyl groups is 1. The molecule has 14 heavy (non-hydrogen) atoms. The summed E-state index contributed by atoms with van der Waals surface area (Å²) < 4.78 is 1.66. The lowest BCUT2D eigenvalue weighted by Gasteiger charge is -1.99. The highest BCUT2D eigenvalue weighted by Gasteiger charge is 2.28. The van der Waals surface area contributed by atoms with Crippen LogP contribution in [0.3, 0.4) is 0 Å². The second-order valence-electron chi connectivity index (χ2n) is 3.69. The van der Waals surface area contributed by atoms with Gasteiger partial charge in [-0.1, -0.05) is 0 Å². The van der Waals surface area contributed by atoms with Gasteiger partial charge in [-0.2, -0.15) is 10.1 Å². The molecule has 0 bridgehead atoms. The second-order valence-corrected chi connectivity index (χ2v) is 3.69. The van der Waals surface area contributed by atoms with Crippen LogP contribution in [0, 0.1) is 0 Å². The van der Waals surface area contributed by atoms with Crippen molar-refractivity contribution in [1.82, 2.24) is 19.7 Å². The summed E-state index contributed by atoms with van der Waals surface area (Å²) in [5.74, 6) is 1.24. The van der Waals surface area contributed by atoms with Crippen LogP contribution >= 0.6 is 0 Å². The van der Waals surface area contributed by atoms with Crippen molar-refractivity contribution in [3.8, 4) is 5.88 Å². The van der Waals surface area contributed by atoms with Crippen molar-refractivity contribution >= 4 is 11.0 Å². The maximum Gasteiger partial charge on any atom is 0.225 e. The minimum absolute atomic E-state index is 0.0463. The maximum atomic E-state index is 9.64. The highest BCUT2D eigenvalue weighted by atomic mass is 16.3. The minimum Gasteiger partial charge on any atom is -0.493 e. The van der Waals surface area contributed by atoms with Gasteiger partial charge in [-0.25, -0.2) is 4.98 Å². The molecule has 5 heteroatoms. The van der Waals surface area contributed by atoms with Crippen LogP contribution in [0.4, 0.5) is 0 Å². The molecule has 0 radical (unpaired) electrons. The Morgan fingerprint density at radius 3 is 2.93 bits per heavy atom. The molecule has 3 rings (SSSR count). The van der Waals surface area contributed by atoms with E-state index >= 15 is 0 Å². The summed E-state index contributed by atoms with van der Waals surface area (Å²) in [6, 6.07) is 0. The molecule has 2 aromatic rings. The van der Waals surface area contributed by atoms with Gasteiger partial charge < -0.3 is 5.11 Å². The molecule has 0 unspecified atom stereocenters. The molecule has 1 saturated carbocycles. The first kappa shape index (κ1) is 7.73. The van der Waals surface area contributed by atoms with E-state index in [1.54, 1.807) is 10.9 Å². The summed E-state index contributed by atoms with van der Waals surface area (Å²) in [6.45, 7) is 0. The van der Waals surface area contributed by atoms with E-state index in [4.69, 9.17) is 0 Å². The van der Waals surface area contributed by atoms with Gasteiger partial charge in [-0.3, -0.25) is 4.68 Å². The lowest BCUT2D eigenvalue weighted by molar-refractivity contribution is 0.456. The average molecular weight is 190 g/mol. The van der Waals surface area contributed by atoms with Crippen LogP contribution in [0.5, 0.6) is 5.88 Å². The third-order valence-corrected chi connectivity index (χ3v) is 2.53. The molecule has 1 aliphatic rings. The van der Waals surface area contributed by atoms with E-state index < -0.39 is 0 Å². The Bertz CT molecular complexity index is 501. The zero-order valence-corrected chi connectivity index (χ0v) is 7.80. The first-order valence-electron chi connectivity index (χ1n) is 4.64. The standard InChI is InChI=1S/C9H10N4O/c1-13-8-6(4-10-13)9(14)12-7(11-8)5-2-3-5/h4-5H,2-3H2,1H3,(H,11,12,14). The summed E-state index contributed by atoms with van der Waals surface area (Å²) in [6.07, 6.45) is 3.84. The Kier molecular flexibility index (Phi) is 1.34. The van der Waals surface area contributed by atoms with Crippen molar-refractivity contribution in [3.05, 3.63) is 12.0 Å². The van der Waals surface area contributed by atoms with E-state index in [0.29, 0.717) is 17.0 Å². The number of hydrogen-bond acceptors (Lipinski definition) is 4. The highest BCUT2D eigenvalue weighted by molar-refractivity contribution is 5.79. The number of nitrogens with zero attached hydrogens (tertiary/aromatic N) is 4. The van der Waals surface area contributed by atoms with Crippen molar-refractivity contribution in [1.29, 1.82) is 0 Å². The zero-order chi connectivity index (χ0) is 9.71. The number of fused-ring (bicyclic) bond motifs is 1. The fourth-order valence-electron chi connectivity index (χ4n) is 1.55. The van der Waals surface area contributed by atoms with Gasteiger partial charge in [0.2, 0.25) is 5.88 Å². The Morgan fingerprint density at radius 2 is 2.21 bits per heavy atom. The lowest BCUT2D eigenvalue weighted by atomic mass is 10.3. The molecule has 0 aromatic carbocycles. The molecule has 5 nitrogen and oxygen atoms in total. The quantitative estimate of drug-likeness (QED) is 0.727. The zero-order valence-electron chi connectivity index (χ0n) is 7.80. The van der Waals surface area contributed by atoms with Gasteiger partial charge in [-0.05, 0) is 12.8 Å². The molecular formula is C9H10N4O. The molecule has 2 aromatic heterocycles. The van der Waals surface area contributed by atoms with E-state index in [-0.39, 0.29) is 5.88 Å².